The highest BCUT2D eigenvalue weighted by molar-refractivity contribution is 7.89. The predicted octanol–water partition coefficient (Wildman–Crippen LogP) is 0.103. The van der Waals surface area contributed by atoms with E-state index in [0.29, 0.717) is 24.9 Å². The molecule has 20 heavy (non-hydrogen) atoms. The van der Waals surface area contributed by atoms with Gasteiger partial charge in [-0.3, -0.25) is 0 Å². The van der Waals surface area contributed by atoms with Crippen molar-refractivity contribution in [3.05, 3.63) is 18.1 Å². The Balaban J connectivity index is 2.04. The van der Waals surface area contributed by atoms with Gasteiger partial charge in [-0.1, -0.05) is 0 Å². The summed E-state index contributed by atoms with van der Waals surface area (Å²) in [6.45, 7) is 2.73. The van der Waals surface area contributed by atoms with Crippen molar-refractivity contribution in [3.63, 3.8) is 0 Å². The third kappa shape index (κ3) is 3.65. The van der Waals surface area contributed by atoms with Crippen LogP contribution in [0.3, 0.4) is 0 Å². The van der Waals surface area contributed by atoms with Gasteiger partial charge in [0.2, 0.25) is 10.0 Å². The molecular weight excluding hydrogens is 280 g/mol. The average Bonchev–Trinajstić information content (AvgIpc) is 2.75. The summed E-state index contributed by atoms with van der Waals surface area (Å²) in [4.78, 5) is 8.30. The van der Waals surface area contributed by atoms with Gasteiger partial charge in [-0.25, -0.2) is 22.7 Å². The summed E-state index contributed by atoms with van der Waals surface area (Å²) in [7, 11) is -0.148. The van der Waals surface area contributed by atoms with Crippen molar-refractivity contribution in [1.29, 1.82) is 0 Å². The van der Waals surface area contributed by atoms with Crippen molar-refractivity contribution < 1.29 is 13.2 Å². The molecule has 8 heteroatoms. The quantitative estimate of drug-likeness (QED) is 0.830. The van der Waals surface area contributed by atoms with E-state index in [-0.39, 0.29) is 17.7 Å². The second kappa shape index (κ2) is 6.02. The van der Waals surface area contributed by atoms with Gasteiger partial charge in [0.25, 0.3) is 0 Å². The first-order valence-electron chi connectivity index (χ1n) is 6.42. The van der Waals surface area contributed by atoms with Gasteiger partial charge in [0, 0.05) is 26.2 Å². The molecule has 0 spiro atoms. The summed E-state index contributed by atoms with van der Waals surface area (Å²) in [5, 5.41) is 3.23. The predicted molar refractivity (Wildman–Crippen MR) is 76.0 cm³/mol. The molecule has 2 heterocycles. The van der Waals surface area contributed by atoms with Gasteiger partial charge in [-0.05, 0) is 13.0 Å². The van der Waals surface area contributed by atoms with Crippen LogP contribution in [0.25, 0.3) is 0 Å². The first-order valence-corrected chi connectivity index (χ1v) is 8.03. The molecule has 0 unspecified atom stereocenters. The van der Waals surface area contributed by atoms with E-state index in [0.717, 1.165) is 0 Å². The molecule has 7 nitrogen and oxygen atoms in total. The molecule has 0 aliphatic carbocycles. The lowest BCUT2D eigenvalue weighted by atomic mass is 10.1. The number of rotatable bonds is 5. The fraction of sp³-hybridized carbons (Fsp3) is 0.667. The summed E-state index contributed by atoms with van der Waals surface area (Å²) in [5.41, 5.74) is 0. The lowest BCUT2D eigenvalue weighted by molar-refractivity contribution is 0.187. The Labute approximate surface area is 119 Å². The van der Waals surface area contributed by atoms with E-state index in [1.807, 2.05) is 6.92 Å². The van der Waals surface area contributed by atoms with Crippen LogP contribution in [0.15, 0.2) is 12.3 Å². The van der Waals surface area contributed by atoms with Crippen LogP contribution < -0.4 is 5.32 Å². The first-order chi connectivity index (χ1) is 9.38. The molecule has 0 radical (unpaired) electrons. The zero-order chi connectivity index (χ0) is 14.8. The lowest BCUT2D eigenvalue weighted by Crippen LogP contribution is -2.37. The molecule has 0 amide bonds. The van der Waals surface area contributed by atoms with Crippen molar-refractivity contribution in [2.75, 3.05) is 38.4 Å². The van der Waals surface area contributed by atoms with Crippen LogP contribution >= 0.6 is 0 Å². The van der Waals surface area contributed by atoms with Gasteiger partial charge in [-0.2, -0.15) is 0 Å². The molecular formula is C12H20N4O3S. The number of anilines is 1. The number of nitrogens with one attached hydrogen (secondary N) is 1. The Morgan fingerprint density at radius 2 is 2.20 bits per heavy atom. The number of ether oxygens (including phenoxy) is 1. The molecule has 1 aromatic heterocycles. The highest BCUT2D eigenvalue weighted by atomic mass is 32.2. The number of hydrogen-bond donors (Lipinski definition) is 1. The highest BCUT2D eigenvalue weighted by Crippen LogP contribution is 2.20. The van der Waals surface area contributed by atoms with Crippen LogP contribution in [-0.4, -0.2) is 61.8 Å². The van der Waals surface area contributed by atoms with Gasteiger partial charge in [0.1, 0.15) is 11.6 Å². The molecule has 1 aliphatic rings. The van der Waals surface area contributed by atoms with Gasteiger partial charge in [-0.15, -0.1) is 0 Å². The van der Waals surface area contributed by atoms with Gasteiger partial charge >= 0.3 is 0 Å². The minimum Gasteiger partial charge on any atom is -0.379 e. The molecule has 1 N–H and O–H groups in total. The van der Waals surface area contributed by atoms with Crippen LogP contribution in [0.1, 0.15) is 5.82 Å². The smallest absolute Gasteiger partial charge is 0.214 e. The third-order valence-corrected chi connectivity index (χ3v) is 5.25. The highest BCUT2D eigenvalue weighted by Gasteiger charge is 2.33. The van der Waals surface area contributed by atoms with Crippen molar-refractivity contribution in [3.8, 4) is 0 Å². The minimum absolute atomic E-state index is 0.0565. The first kappa shape index (κ1) is 15.1. The van der Waals surface area contributed by atoms with E-state index in [2.05, 4.69) is 15.3 Å². The Kier molecular flexibility index (Phi) is 4.56. The second-order valence-corrected chi connectivity index (χ2v) is 7.33. The molecule has 1 aliphatic heterocycles. The molecule has 0 saturated carbocycles. The molecule has 2 rings (SSSR count). The van der Waals surface area contributed by atoms with Crippen LogP contribution in [0.4, 0.5) is 5.82 Å². The lowest BCUT2D eigenvalue weighted by Gasteiger charge is -2.21. The van der Waals surface area contributed by atoms with Crippen LogP contribution in [0.5, 0.6) is 0 Å². The molecule has 112 valence electrons. The van der Waals surface area contributed by atoms with Gasteiger partial charge in [0.15, 0.2) is 0 Å². The van der Waals surface area contributed by atoms with E-state index in [4.69, 9.17) is 4.74 Å². The molecule has 0 aromatic carbocycles. The average molecular weight is 300 g/mol. The summed E-state index contributed by atoms with van der Waals surface area (Å²) < 4.78 is 30.6. The Bertz CT molecular complexity index is 562. The van der Waals surface area contributed by atoms with Crippen LogP contribution in [0.2, 0.25) is 0 Å². The molecule has 1 fully saturated rings. The van der Waals surface area contributed by atoms with E-state index in [9.17, 15) is 8.42 Å². The number of hydrogen-bond acceptors (Lipinski definition) is 6. The Hall–Kier alpha value is -1.25. The van der Waals surface area contributed by atoms with E-state index < -0.39 is 10.0 Å². The zero-order valence-corrected chi connectivity index (χ0v) is 12.7. The number of nitrogens with zero attached hydrogens (tertiary/aromatic N) is 3. The van der Waals surface area contributed by atoms with Gasteiger partial charge < -0.3 is 10.1 Å². The fourth-order valence-corrected chi connectivity index (χ4v) is 3.24. The normalized spacial score (nSPS) is 23.2. The summed E-state index contributed by atoms with van der Waals surface area (Å²) in [5.74, 6) is 1.35. The van der Waals surface area contributed by atoms with E-state index >= 15 is 0 Å². The SMILES string of the molecule is Cc1nccc(N[C@H]2COC[C@H]2CS(=O)(=O)N(C)C)n1. The van der Waals surface area contributed by atoms with Crippen molar-refractivity contribution >= 4 is 15.8 Å². The maximum atomic E-state index is 12.0. The van der Waals surface area contributed by atoms with Crippen LogP contribution in [0, 0.1) is 12.8 Å². The van der Waals surface area contributed by atoms with Crippen molar-refractivity contribution in [2.24, 2.45) is 5.92 Å². The third-order valence-electron chi connectivity index (χ3n) is 3.29. The monoisotopic (exact) mass is 300 g/mol. The molecule has 2 atom stereocenters. The van der Waals surface area contributed by atoms with E-state index in [1.165, 1.54) is 4.31 Å². The number of aromatic nitrogens is 2. The maximum Gasteiger partial charge on any atom is 0.214 e. The fourth-order valence-electron chi connectivity index (χ4n) is 2.07. The summed E-state index contributed by atoms with van der Waals surface area (Å²) in [6.07, 6.45) is 1.67. The minimum atomic E-state index is -3.23. The van der Waals surface area contributed by atoms with Gasteiger partial charge in [0.05, 0.1) is 25.0 Å². The second-order valence-electron chi connectivity index (χ2n) is 5.10. The zero-order valence-electron chi connectivity index (χ0n) is 11.9. The van der Waals surface area contributed by atoms with Crippen molar-refractivity contribution in [1.82, 2.24) is 14.3 Å². The molecule has 1 saturated heterocycles. The molecule has 1 aromatic rings. The van der Waals surface area contributed by atoms with E-state index in [1.54, 1.807) is 26.4 Å². The Morgan fingerprint density at radius 3 is 2.85 bits per heavy atom. The summed E-state index contributed by atoms with van der Waals surface area (Å²) >= 11 is 0. The standard InChI is InChI=1S/C12H20N4O3S/c1-9-13-5-4-12(14-9)15-11-7-19-6-10(11)8-20(17,18)16(2)3/h4-5,10-11H,6-8H2,1-3H3,(H,13,14,15)/t10-,11-/m0/s1. The van der Waals surface area contributed by atoms with Crippen molar-refractivity contribution in [2.45, 2.75) is 13.0 Å². The molecule has 0 bridgehead atoms. The Morgan fingerprint density at radius 1 is 1.45 bits per heavy atom. The topological polar surface area (TPSA) is 84.4 Å². The maximum absolute atomic E-state index is 12.0. The van der Waals surface area contributed by atoms with Crippen LogP contribution in [-0.2, 0) is 14.8 Å². The number of sulfonamides is 1. The largest absolute Gasteiger partial charge is 0.379 e. The number of aryl methyl sites for hydroxylation is 1. The summed E-state index contributed by atoms with van der Waals surface area (Å²) in [6, 6.07) is 1.71.